The van der Waals surface area contributed by atoms with Gasteiger partial charge in [0.15, 0.2) is 35.3 Å². The van der Waals surface area contributed by atoms with Gasteiger partial charge in [-0.25, -0.2) is 14.8 Å². The van der Waals surface area contributed by atoms with Crippen molar-refractivity contribution in [2.24, 2.45) is 70.8 Å². The molecule has 5 aromatic carbocycles. The number of urea groups is 1. The van der Waals surface area contributed by atoms with Crippen molar-refractivity contribution in [2.75, 3.05) is 79.4 Å². The number of piperazine rings is 1. The van der Waals surface area contributed by atoms with E-state index in [1.54, 1.807) is 24.1 Å². The number of nitrogens with zero attached hydrogens (tertiary/aromatic N) is 8. The zero-order chi connectivity index (χ0) is 61.0. The number of guanidine groups is 4. The standard InChI is InChI=1S/C58H73Br2N17O8/c1-3-82-47-31-40(81-2)16-18-43(47)53-74-50(35-7-12-38(59)13-8-35)51(36-9-14-39(60)15-10-36)77(53)58(80)76-25-23-75(24-26-76)27-30-84-49(79)20-19-48(78)71-32-37-11-17-41(45(34-73-57(67)68)44(37)33-72-56(65)66)42-5-4-6-46(83-28-21-69-54(61)62)52(42)85-29-22-70-55(63)64/h4-18,31,50-51H,3,19-30,32-34H2,1-2H3,(H,71,78)(H4,61,62,69)(H4,63,64,70)(H4,65,66,72)(H4,67,68,73). The largest absolute Gasteiger partial charge is 0.497 e. The van der Waals surface area contributed by atoms with Crippen molar-refractivity contribution in [3.8, 4) is 34.1 Å². The van der Waals surface area contributed by atoms with E-state index in [2.05, 4.69) is 62.0 Å². The Morgan fingerprint density at radius 1 is 0.647 bits per heavy atom. The zero-order valence-corrected chi connectivity index (χ0v) is 50.6. The molecule has 2 heterocycles. The molecule has 3 amide bonds. The van der Waals surface area contributed by atoms with Gasteiger partial charge in [-0.2, -0.15) is 0 Å². The lowest BCUT2D eigenvalue weighted by Gasteiger charge is -2.39. The third kappa shape index (κ3) is 17.9. The van der Waals surface area contributed by atoms with Crippen molar-refractivity contribution in [2.45, 2.75) is 51.5 Å². The smallest absolute Gasteiger partial charge is 0.326 e. The van der Waals surface area contributed by atoms with Crippen molar-refractivity contribution in [1.82, 2.24) is 20.0 Å². The van der Waals surface area contributed by atoms with Crippen LogP contribution in [0.25, 0.3) is 11.1 Å². The number of halogens is 2. The van der Waals surface area contributed by atoms with E-state index in [4.69, 9.17) is 74.5 Å². The van der Waals surface area contributed by atoms with E-state index in [1.807, 2.05) is 96.8 Å². The summed E-state index contributed by atoms with van der Waals surface area (Å²) in [5.74, 6) is 0.890. The Hall–Kier alpha value is -8.82. The van der Waals surface area contributed by atoms with Crippen LogP contribution in [0.2, 0.25) is 0 Å². The first kappa shape index (κ1) is 63.8. The number of nitrogens with two attached hydrogens (primary N) is 8. The molecule has 0 bridgehead atoms. The highest BCUT2D eigenvalue weighted by Crippen LogP contribution is 2.46. The van der Waals surface area contributed by atoms with E-state index in [0.29, 0.717) is 102 Å². The van der Waals surface area contributed by atoms with Crippen molar-refractivity contribution in [3.05, 3.63) is 139 Å². The first-order chi connectivity index (χ1) is 40.9. The summed E-state index contributed by atoms with van der Waals surface area (Å²) < 4.78 is 31.5. The number of amidine groups is 1. The third-order valence-corrected chi connectivity index (χ3v) is 14.7. The topological polar surface area (TPSA) is 389 Å². The van der Waals surface area contributed by atoms with Crippen LogP contribution in [0.1, 0.15) is 65.2 Å². The molecule has 0 saturated carbocycles. The van der Waals surface area contributed by atoms with Gasteiger partial charge in [0, 0.05) is 66.3 Å². The van der Waals surface area contributed by atoms with E-state index < -0.39 is 24.0 Å². The first-order valence-corrected chi connectivity index (χ1v) is 28.9. The Labute approximate surface area is 510 Å². The summed E-state index contributed by atoms with van der Waals surface area (Å²) >= 11 is 7.16. The predicted molar refractivity (Wildman–Crippen MR) is 335 cm³/mol. The number of aliphatic imine (C=N–C) groups is 5. The number of hydrogen-bond donors (Lipinski definition) is 9. The Bertz CT molecular complexity index is 3270. The normalized spacial score (nSPS) is 14.8. The second-order valence-electron chi connectivity index (χ2n) is 19.4. The van der Waals surface area contributed by atoms with Gasteiger partial charge < -0.3 is 79.8 Å². The minimum Gasteiger partial charge on any atom is -0.497 e. The number of carbonyl (C=O) groups is 3. The summed E-state index contributed by atoms with van der Waals surface area (Å²) in [4.78, 5) is 69.4. The Kier molecular flexibility index (Phi) is 23.4. The molecule has 0 aromatic heterocycles. The molecule has 0 aliphatic carbocycles. The van der Waals surface area contributed by atoms with E-state index in [1.165, 1.54) is 0 Å². The quantitative estimate of drug-likeness (QED) is 0.0155. The number of para-hydroxylation sites is 1. The van der Waals surface area contributed by atoms with Crippen LogP contribution in [0, 0.1) is 0 Å². The minimum absolute atomic E-state index is 0.0147. The number of carbonyl (C=O) groups excluding carboxylic acids is 3. The van der Waals surface area contributed by atoms with Crippen LogP contribution >= 0.6 is 31.9 Å². The van der Waals surface area contributed by atoms with Crippen LogP contribution in [0.5, 0.6) is 23.0 Å². The molecule has 17 N–H and O–H groups in total. The maximum Gasteiger partial charge on any atom is 0.326 e. The van der Waals surface area contributed by atoms with E-state index >= 15 is 4.79 Å². The summed E-state index contributed by atoms with van der Waals surface area (Å²) in [5.41, 5.74) is 51.2. The minimum atomic E-state index is -0.537. The average Bonchev–Trinajstić information content (AvgIpc) is 2.56. The molecule has 1 fully saturated rings. The van der Waals surface area contributed by atoms with Gasteiger partial charge in [0.2, 0.25) is 5.91 Å². The lowest BCUT2D eigenvalue weighted by Crippen LogP contribution is -2.54. The Morgan fingerprint density at radius 3 is 1.88 bits per heavy atom. The number of hydrogen-bond acceptors (Lipinski definition) is 14. The van der Waals surface area contributed by atoms with Crippen LogP contribution in [-0.2, 0) is 34.0 Å². The monoisotopic (exact) mass is 1290 g/mol. The van der Waals surface area contributed by atoms with Gasteiger partial charge in [-0.3, -0.25) is 34.4 Å². The first-order valence-electron chi connectivity index (χ1n) is 27.3. The van der Waals surface area contributed by atoms with Gasteiger partial charge in [-0.1, -0.05) is 80.4 Å². The van der Waals surface area contributed by atoms with Crippen molar-refractivity contribution < 1.29 is 38.1 Å². The molecule has 27 heteroatoms. The fourth-order valence-electron chi connectivity index (χ4n) is 9.64. The van der Waals surface area contributed by atoms with Gasteiger partial charge >= 0.3 is 12.0 Å². The number of methoxy groups -OCH3 is 1. The molecule has 2 aliphatic rings. The van der Waals surface area contributed by atoms with E-state index in [-0.39, 0.29) is 95.3 Å². The fourth-order valence-corrected chi connectivity index (χ4v) is 10.2. The van der Waals surface area contributed by atoms with Gasteiger partial charge in [-0.15, -0.1) is 0 Å². The van der Waals surface area contributed by atoms with Crippen LogP contribution in [0.3, 0.4) is 0 Å². The molecular formula is C58H73Br2N17O8. The van der Waals surface area contributed by atoms with Gasteiger partial charge in [0.25, 0.3) is 0 Å². The molecule has 0 spiro atoms. The molecule has 2 atom stereocenters. The second kappa shape index (κ2) is 31.2. The molecule has 2 unspecified atom stereocenters. The third-order valence-electron chi connectivity index (χ3n) is 13.7. The molecule has 5 aromatic rings. The molecule has 0 radical (unpaired) electrons. The summed E-state index contributed by atoms with van der Waals surface area (Å²) in [6.07, 6.45) is -0.313. The van der Waals surface area contributed by atoms with Crippen LogP contribution in [-0.4, -0.2) is 142 Å². The highest BCUT2D eigenvalue weighted by Gasteiger charge is 2.45. The molecular weight excluding hydrogens is 1220 g/mol. The van der Waals surface area contributed by atoms with Gasteiger partial charge in [0.1, 0.15) is 43.2 Å². The van der Waals surface area contributed by atoms with Crippen molar-refractivity contribution in [3.63, 3.8) is 0 Å². The summed E-state index contributed by atoms with van der Waals surface area (Å²) in [6.45, 7) is 5.17. The maximum atomic E-state index is 15.2. The number of esters is 1. The molecule has 7 rings (SSSR count). The van der Waals surface area contributed by atoms with E-state index in [9.17, 15) is 9.59 Å². The van der Waals surface area contributed by atoms with Gasteiger partial charge in [-0.05, 0) is 82.8 Å². The van der Waals surface area contributed by atoms with Crippen molar-refractivity contribution in [1.29, 1.82) is 0 Å². The lowest BCUT2D eigenvalue weighted by atomic mass is 9.91. The predicted octanol–water partition coefficient (Wildman–Crippen LogP) is 4.06. The highest BCUT2D eigenvalue weighted by atomic mass is 79.9. The van der Waals surface area contributed by atoms with Crippen molar-refractivity contribution >= 4 is 79.4 Å². The fraction of sp³-hybridized carbons (Fsp3) is 0.345. The number of ether oxygens (including phenoxy) is 5. The number of nitrogens with one attached hydrogen (secondary N) is 1. The van der Waals surface area contributed by atoms with Crippen LogP contribution in [0.4, 0.5) is 4.79 Å². The highest BCUT2D eigenvalue weighted by molar-refractivity contribution is 9.10. The second-order valence-corrected chi connectivity index (χ2v) is 21.2. The maximum absolute atomic E-state index is 15.2. The SMILES string of the molecule is CCOc1cc(OC)ccc1C1=NC(c2ccc(Br)cc2)C(c2ccc(Br)cc2)N1C(=O)N1CCN(CCOC(=O)CCC(=O)NCc2ccc(-c3cccc(OCCN=C(N)N)c3OCCN=C(N)N)c(CN=C(N)N)c2CN=C(N)N)CC1. The van der Waals surface area contributed by atoms with E-state index in [0.717, 1.165) is 20.1 Å². The number of benzene rings is 5. The molecule has 1 saturated heterocycles. The lowest BCUT2D eigenvalue weighted by molar-refractivity contribution is -0.145. The molecule has 25 nitrogen and oxygen atoms in total. The Balaban J connectivity index is 0.992. The van der Waals surface area contributed by atoms with Crippen LogP contribution < -0.4 is 70.1 Å². The average molecular weight is 1300 g/mol. The number of rotatable bonds is 27. The molecule has 85 heavy (non-hydrogen) atoms. The molecule has 2 aliphatic heterocycles. The Morgan fingerprint density at radius 2 is 1.26 bits per heavy atom. The van der Waals surface area contributed by atoms with Crippen LogP contribution in [0.15, 0.2) is 131 Å². The van der Waals surface area contributed by atoms with Gasteiger partial charge in [0.05, 0.1) is 57.9 Å². The summed E-state index contributed by atoms with van der Waals surface area (Å²) in [7, 11) is 1.59. The summed E-state index contributed by atoms with van der Waals surface area (Å²) in [6, 6.07) is 29.3. The zero-order valence-electron chi connectivity index (χ0n) is 47.4. The number of amides is 3. The summed E-state index contributed by atoms with van der Waals surface area (Å²) in [5, 5.41) is 2.91. The molecule has 452 valence electrons.